The van der Waals surface area contributed by atoms with Crippen LogP contribution in [0.1, 0.15) is 26.3 Å². The average Bonchev–Trinajstić information content (AvgIpc) is 2.18. The SMILES string of the molecule is C/C(=C/C(C)(C)N=C=O)c1ccccc1. The molecule has 0 N–H and O–H groups in total. The number of aliphatic imine (C=N–C) groups is 1. The largest absolute Gasteiger partial charge is 0.235 e. The number of hydrogen-bond acceptors (Lipinski definition) is 2. The number of allylic oxidation sites excluding steroid dienone is 1. The van der Waals surface area contributed by atoms with Crippen LogP contribution in [0, 0.1) is 0 Å². The Bertz CT molecular complexity index is 398. The third-order valence-electron chi connectivity index (χ3n) is 2.13. The van der Waals surface area contributed by atoms with Gasteiger partial charge in [-0.15, -0.1) is 0 Å². The predicted molar refractivity (Wildman–Crippen MR) is 62.3 cm³/mol. The van der Waals surface area contributed by atoms with Crippen LogP contribution in [0.25, 0.3) is 5.57 Å². The van der Waals surface area contributed by atoms with Gasteiger partial charge in [0.05, 0.1) is 5.54 Å². The quantitative estimate of drug-likeness (QED) is 0.545. The van der Waals surface area contributed by atoms with Crippen LogP contribution in [0.15, 0.2) is 41.4 Å². The second kappa shape index (κ2) is 4.72. The molecule has 0 saturated carbocycles. The molecule has 78 valence electrons. The molecule has 1 aromatic rings. The second-order valence-corrected chi connectivity index (χ2v) is 4.05. The first-order chi connectivity index (χ1) is 7.05. The van der Waals surface area contributed by atoms with E-state index in [2.05, 4.69) is 4.99 Å². The van der Waals surface area contributed by atoms with Crippen LogP contribution in [0.2, 0.25) is 0 Å². The van der Waals surface area contributed by atoms with Crippen molar-refractivity contribution in [3.05, 3.63) is 42.0 Å². The Balaban J connectivity index is 2.99. The summed E-state index contributed by atoms with van der Waals surface area (Å²) in [5.41, 5.74) is 1.77. The van der Waals surface area contributed by atoms with Crippen LogP contribution in [-0.4, -0.2) is 11.6 Å². The minimum Gasteiger partial charge on any atom is -0.211 e. The molecule has 0 spiro atoms. The molecule has 15 heavy (non-hydrogen) atoms. The third-order valence-corrected chi connectivity index (χ3v) is 2.13. The summed E-state index contributed by atoms with van der Waals surface area (Å²) in [6.45, 7) is 5.77. The van der Waals surface area contributed by atoms with Gasteiger partial charge in [-0.2, -0.15) is 4.99 Å². The second-order valence-electron chi connectivity index (χ2n) is 4.05. The molecule has 1 aromatic carbocycles. The van der Waals surface area contributed by atoms with Gasteiger partial charge in [-0.1, -0.05) is 36.4 Å². The fourth-order valence-corrected chi connectivity index (χ4v) is 1.46. The lowest BCUT2D eigenvalue weighted by Gasteiger charge is -2.13. The van der Waals surface area contributed by atoms with Gasteiger partial charge in [-0.05, 0) is 31.9 Å². The molecule has 0 aliphatic heterocycles. The molecule has 0 heterocycles. The maximum atomic E-state index is 10.2. The lowest BCUT2D eigenvalue weighted by Crippen LogP contribution is -2.12. The smallest absolute Gasteiger partial charge is 0.211 e. The molecule has 0 bridgehead atoms. The number of isocyanates is 1. The van der Waals surface area contributed by atoms with E-state index in [-0.39, 0.29) is 0 Å². The zero-order valence-electron chi connectivity index (χ0n) is 9.32. The van der Waals surface area contributed by atoms with E-state index in [1.165, 1.54) is 0 Å². The maximum absolute atomic E-state index is 10.2. The summed E-state index contributed by atoms with van der Waals surface area (Å²) in [6, 6.07) is 10.0. The van der Waals surface area contributed by atoms with Crippen molar-refractivity contribution < 1.29 is 4.79 Å². The Morgan fingerprint density at radius 3 is 2.47 bits per heavy atom. The first kappa shape index (κ1) is 11.4. The van der Waals surface area contributed by atoms with Crippen LogP contribution in [0.4, 0.5) is 0 Å². The molecule has 0 fully saturated rings. The zero-order valence-corrected chi connectivity index (χ0v) is 9.32. The summed E-state index contributed by atoms with van der Waals surface area (Å²) in [6.07, 6.45) is 3.56. The van der Waals surface area contributed by atoms with E-state index in [0.717, 1.165) is 11.1 Å². The van der Waals surface area contributed by atoms with Crippen molar-refractivity contribution in [1.82, 2.24) is 0 Å². The minimum atomic E-state index is -0.484. The summed E-state index contributed by atoms with van der Waals surface area (Å²) in [5.74, 6) is 0. The number of nitrogens with zero attached hydrogens (tertiary/aromatic N) is 1. The van der Waals surface area contributed by atoms with Crippen molar-refractivity contribution in [2.75, 3.05) is 0 Å². The molecule has 2 heteroatoms. The van der Waals surface area contributed by atoms with Crippen molar-refractivity contribution in [3.8, 4) is 0 Å². The highest BCUT2D eigenvalue weighted by Crippen LogP contribution is 2.19. The van der Waals surface area contributed by atoms with E-state index >= 15 is 0 Å². The molecule has 0 unspecified atom stereocenters. The Morgan fingerprint density at radius 1 is 1.33 bits per heavy atom. The van der Waals surface area contributed by atoms with Gasteiger partial charge in [-0.3, -0.25) is 0 Å². The van der Waals surface area contributed by atoms with Crippen LogP contribution in [0.3, 0.4) is 0 Å². The highest BCUT2D eigenvalue weighted by molar-refractivity contribution is 5.64. The van der Waals surface area contributed by atoms with Gasteiger partial charge in [0, 0.05) is 0 Å². The van der Waals surface area contributed by atoms with Gasteiger partial charge < -0.3 is 0 Å². The summed E-state index contributed by atoms with van der Waals surface area (Å²) >= 11 is 0. The first-order valence-corrected chi connectivity index (χ1v) is 4.89. The molecule has 2 nitrogen and oxygen atoms in total. The van der Waals surface area contributed by atoms with Crippen molar-refractivity contribution in [2.45, 2.75) is 26.3 Å². The Labute approximate surface area is 90.4 Å². The first-order valence-electron chi connectivity index (χ1n) is 4.89. The Kier molecular flexibility index (Phi) is 3.59. The van der Waals surface area contributed by atoms with E-state index in [4.69, 9.17) is 0 Å². The van der Waals surface area contributed by atoms with Gasteiger partial charge in [0.15, 0.2) is 0 Å². The molecular weight excluding hydrogens is 186 g/mol. The van der Waals surface area contributed by atoms with Crippen LogP contribution in [-0.2, 0) is 4.79 Å². The summed E-state index contributed by atoms with van der Waals surface area (Å²) in [7, 11) is 0. The van der Waals surface area contributed by atoms with Gasteiger partial charge in [-0.25, -0.2) is 4.79 Å². The molecular formula is C13H15NO. The third kappa shape index (κ3) is 3.53. The highest BCUT2D eigenvalue weighted by Gasteiger charge is 2.12. The average molecular weight is 201 g/mol. The summed E-state index contributed by atoms with van der Waals surface area (Å²) in [4.78, 5) is 14.0. The van der Waals surface area contributed by atoms with E-state index < -0.39 is 5.54 Å². The maximum Gasteiger partial charge on any atom is 0.235 e. The molecule has 0 saturated heterocycles. The highest BCUT2D eigenvalue weighted by atomic mass is 16.1. The monoisotopic (exact) mass is 201 g/mol. The normalized spacial score (nSPS) is 12.1. The molecule has 0 atom stereocenters. The molecule has 0 amide bonds. The zero-order chi connectivity index (χ0) is 11.3. The van der Waals surface area contributed by atoms with Crippen molar-refractivity contribution >= 4 is 11.7 Å². The fourth-order valence-electron chi connectivity index (χ4n) is 1.46. The van der Waals surface area contributed by atoms with Crippen molar-refractivity contribution in [2.24, 2.45) is 4.99 Å². The minimum absolute atomic E-state index is 0.484. The lowest BCUT2D eigenvalue weighted by molar-refractivity contribution is 0.551. The van der Waals surface area contributed by atoms with Crippen LogP contribution >= 0.6 is 0 Å². The van der Waals surface area contributed by atoms with Gasteiger partial charge in [0.1, 0.15) is 0 Å². The molecule has 1 rings (SSSR count). The molecule has 0 aliphatic carbocycles. The van der Waals surface area contributed by atoms with E-state index in [0.29, 0.717) is 0 Å². The van der Waals surface area contributed by atoms with Crippen LogP contribution in [0.5, 0.6) is 0 Å². The van der Waals surface area contributed by atoms with Gasteiger partial charge in [0.25, 0.3) is 0 Å². The Morgan fingerprint density at radius 2 is 1.93 bits per heavy atom. The number of carbonyl (C=O) groups excluding carboxylic acids is 1. The predicted octanol–water partition coefficient (Wildman–Crippen LogP) is 3.20. The number of benzene rings is 1. The fraction of sp³-hybridized carbons (Fsp3) is 0.308. The summed E-state index contributed by atoms with van der Waals surface area (Å²) < 4.78 is 0. The van der Waals surface area contributed by atoms with E-state index in [9.17, 15) is 4.79 Å². The molecule has 0 aromatic heterocycles. The van der Waals surface area contributed by atoms with Gasteiger partial charge >= 0.3 is 0 Å². The number of rotatable bonds is 3. The lowest BCUT2D eigenvalue weighted by atomic mass is 9.98. The van der Waals surface area contributed by atoms with Gasteiger partial charge in [0.2, 0.25) is 6.08 Å². The summed E-state index contributed by atoms with van der Waals surface area (Å²) in [5, 5.41) is 0. The molecule has 0 aliphatic rings. The molecule has 0 radical (unpaired) electrons. The van der Waals surface area contributed by atoms with Crippen molar-refractivity contribution in [1.29, 1.82) is 0 Å². The standard InChI is InChI=1S/C13H15NO/c1-11(9-13(2,3)14-10-15)12-7-5-4-6-8-12/h4-9H,1-3H3/b11-9-. The van der Waals surface area contributed by atoms with Crippen LogP contribution < -0.4 is 0 Å². The van der Waals surface area contributed by atoms with Crippen molar-refractivity contribution in [3.63, 3.8) is 0 Å². The number of hydrogen-bond donors (Lipinski definition) is 0. The van der Waals surface area contributed by atoms with E-state index in [1.54, 1.807) is 6.08 Å². The topological polar surface area (TPSA) is 29.4 Å². The Hall–Kier alpha value is -1.66. The van der Waals surface area contributed by atoms with E-state index in [1.807, 2.05) is 57.2 Å².